The number of benzene rings is 2. The Labute approximate surface area is 174 Å². The maximum Gasteiger partial charge on any atom is 0.266 e. The molecule has 0 bridgehead atoms. The topological polar surface area (TPSA) is 131 Å². The van der Waals surface area contributed by atoms with E-state index in [4.69, 9.17) is 15.7 Å². The van der Waals surface area contributed by atoms with Crippen molar-refractivity contribution in [2.45, 2.75) is 35.6 Å². The first-order chi connectivity index (χ1) is 14.2. The van der Waals surface area contributed by atoms with Gasteiger partial charge in [-0.3, -0.25) is 10.0 Å². The number of hydroxylamine groups is 1. The van der Waals surface area contributed by atoms with Crippen molar-refractivity contribution in [1.29, 1.82) is 0 Å². The molecule has 10 heteroatoms. The van der Waals surface area contributed by atoms with E-state index in [1.807, 2.05) is 0 Å². The molecule has 0 spiro atoms. The number of hydrogen-bond donors (Lipinski definition) is 4. The number of carbonyl (C=O) groups is 1. The Morgan fingerprint density at radius 2 is 2.03 bits per heavy atom. The number of ether oxygens (including phenoxy) is 1. The van der Waals surface area contributed by atoms with Gasteiger partial charge in [0.2, 0.25) is 0 Å². The number of hydrogen-bond acceptors (Lipinski definition) is 7. The minimum Gasteiger partial charge on any atom is -0.489 e. The molecule has 1 aliphatic heterocycles. The van der Waals surface area contributed by atoms with E-state index in [0.29, 0.717) is 12.3 Å². The first-order valence-corrected chi connectivity index (χ1v) is 10.9. The van der Waals surface area contributed by atoms with Crippen molar-refractivity contribution in [3.63, 3.8) is 0 Å². The average molecular weight is 437 g/mol. The number of nitrogens with two attached hydrogens (primary N) is 1. The monoisotopic (exact) mass is 437 g/mol. The Bertz CT molecular complexity index is 1030. The second-order valence-corrected chi connectivity index (χ2v) is 9.44. The van der Waals surface area contributed by atoms with Crippen LogP contribution in [0.15, 0.2) is 47.4 Å². The number of halogens is 1. The fraction of sp³-hybridized carbons (Fsp3) is 0.350. The summed E-state index contributed by atoms with van der Waals surface area (Å²) in [6.07, 6.45) is 0.119. The summed E-state index contributed by atoms with van der Waals surface area (Å²) in [5.41, 5.74) is 7.31. The predicted octanol–water partition coefficient (Wildman–Crippen LogP) is 1.05. The Morgan fingerprint density at radius 3 is 2.67 bits per heavy atom. The number of aryl methyl sites for hydroxylation is 1. The largest absolute Gasteiger partial charge is 0.489 e. The second kappa shape index (κ2) is 8.68. The van der Waals surface area contributed by atoms with Gasteiger partial charge < -0.3 is 15.8 Å². The van der Waals surface area contributed by atoms with Crippen LogP contribution in [0.2, 0.25) is 0 Å². The summed E-state index contributed by atoms with van der Waals surface area (Å²) in [4.78, 5) is 12.1. The van der Waals surface area contributed by atoms with E-state index in [-0.39, 0.29) is 30.3 Å². The van der Waals surface area contributed by atoms with Gasteiger partial charge in [0.05, 0.1) is 10.1 Å². The second-order valence-electron chi connectivity index (χ2n) is 7.31. The zero-order valence-corrected chi connectivity index (χ0v) is 17.2. The van der Waals surface area contributed by atoms with Gasteiger partial charge in [-0.2, -0.15) is 0 Å². The summed E-state index contributed by atoms with van der Waals surface area (Å²) in [7, 11) is -3.95. The number of rotatable bonds is 6. The lowest BCUT2D eigenvalue weighted by Crippen LogP contribution is -2.70. The van der Waals surface area contributed by atoms with Crippen LogP contribution < -0.4 is 21.3 Å². The minimum atomic E-state index is -3.95. The number of nitrogens with one attached hydrogen (secondary N) is 2. The van der Waals surface area contributed by atoms with Crippen molar-refractivity contribution in [3.05, 3.63) is 59.4 Å². The Morgan fingerprint density at radius 1 is 1.33 bits per heavy atom. The molecule has 1 fully saturated rings. The third kappa shape index (κ3) is 4.31. The van der Waals surface area contributed by atoms with E-state index in [0.717, 1.165) is 11.1 Å². The number of amides is 1. The lowest BCUT2D eigenvalue weighted by molar-refractivity contribution is -0.135. The highest BCUT2D eigenvalue weighted by molar-refractivity contribution is 7.92. The van der Waals surface area contributed by atoms with Gasteiger partial charge in [-0.15, -0.1) is 0 Å². The van der Waals surface area contributed by atoms with Gasteiger partial charge in [0, 0.05) is 6.54 Å². The van der Waals surface area contributed by atoms with Gasteiger partial charge in [0.1, 0.15) is 23.7 Å². The molecule has 2 unspecified atom stereocenters. The predicted molar refractivity (Wildman–Crippen MR) is 107 cm³/mol. The van der Waals surface area contributed by atoms with Gasteiger partial charge in [0.15, 0.2) is 9.84 Å². The Balaban J connectivity index is 1.78. The molecule has 8 nitrogen and oxygen atoms in total. The van der Waals surface area contributed by atoms with Crippen LogP contribution in [-0.4, -0.2) is 43.4 Å². The molecule has 0 radical (unpaired) electrons. The molecule has 1 saturated heterocycles. The lowest BCUT2D eigenvalue weighted by atomic mass is 9.90. The van der Waals surface area contributed by atoms with Crippen LogP contribution in [0.3, 0.4) is 0 Å². The summed E-state index contributed by atoms with van der Waals surface area (Å²) in [6.45, 7) is 2.27. The standard InChI is InChI=1S/C20H24FN3O5S/c1-13-10-15(21)3-2-14(13)11-29-16-4-6-17(7-5-16)30(27,28)18-8-9-23-12-20(18,22)19(25)24-26/h2-7,10,18,23,26H,8-9,11-12,22H2,1H3,(H,24,25). The highest BCUT2D eigenvalue weighted by Gasteiger charge is 2.50. The number of carbonyl (C=O) groups excluding carboxylic acids is 1. The molecule has 0 aliphatic carbocycles. The molecular weight excluding hydrogens is 413 g/mol. The fourth-order valence-corrected chi connectivity index (χ4v) is 5.55. The van der Waals surface area contributed by atoms with Gasteiger partial charge in [-0.1, -0.05) is 6.07 Å². The van der Waals surface area contributed by atoms with Gasteiger partial charge >= 0.3 is 0 Å². The lowest BCUT2D eigenvalue weighted by Gasteiger charge is -2.38. The van der Waals surface area contributed by atoms with Crippen molar-refractivity contribution >= 4 is 15.7 Å². The Hall–Kier alpha value is -2.53. The Kier molecular flexibility index (Phi) is 6.41. The molecular formula is C20H24FN3O5S. The molecule has 3 rings (SSSR count). The van der Waals surface area contributed by atoms with Crippen LogP contribution in [0.25, 0.3) is 0 Å². The number of sulfone groups is 1. The first kappa shape index (κ1) is 22.2. The third-order valence-corrected chi connectivity index (χ3v) is 7.66. The van der Waals surface area contributed by atoms with Crippen molar-refractivity contribution in [2.24, 2.45) is 5.73 Å². The molecule has 1 amide bonds. The van der Waals surface area contributed by atoms with Crippen molar-refractivity contribution in [3.8, 4) is 5.75 Å². The molecule has 5 N–H and O–H groups in total. The highest BCUT2D eigenvalue weighted by Crippen LogP contribution is 2.29. The van der Waals surface area contributed by atoms with Crippen molar-refractivity contribution in [1.82, 2.24) is 10.8 Å². The maximum absolute atomic E-state index is 13.2. The number of piperidine rings is 1. The van der Waals surface area contributed by atoms with Crippen molar-refractivity contribution < 1.29 is 27.5 Å². The van der Waals surface area contributed by atoms with Gasteiger partial charge in [-0.25, -0.2) is 18.3 Å². The van der Waals surface area contributed by atoms with Gasteiger partial charge in [-0.05, 0) is 67.4 Å². The van der Waals surface area contributed by atoms with Crippen molar-refractivity contribution in [2.75, 3.05) is 13.1 Å². The third-order valence-electron chi connectivity index (χ3n) is 5.33. The molecule has 1 aliphatic rings. The van der Waals surface area contributed by atoms with Crippen LogP contribution in [0.1, 0.15) is 17.5 Å². The summed E-state index contributed by atoms with van der Waals surface area (Å²) in [5.74, 6) is -0.845. The quantitative estimate of drug-likeness (QED) is 0.392. The highest BCUT2D eigenvalue weighted by atomic mass is 32.2. The van der Waals surface area contributed by atoms with E-state index in [1.165, 1.54) is 41.9 Å². The van der Waals surface area contributed by atoms with E-state index < -0.39 is 26.5 Å². The average Bonchev–Trinajstić information content (AvgIpc) is 2.73. The SMILES string of the molecule is Cc1cc(F)ccc1COc1ccc(S(=O)(=O)C2CCNCC2(N)C(=O)NO)cc1. The summed E-state index contributed by atoms with van der Waals surface area (Å²) < 4.78 is 45.2. The molecule has 30 heavy (non-hydrogen) atoms. The molecule has 1 heterocycles. The minimum absolute atomic E-state index is 0.000257. The summed E-state index contributed by atoms with van der Waals surface area (Å²) >= 11 is 0. The van der Waals surface area contributed by atoms with Gasteiger partial charge in [0.25, 0.3) is 5.91 Å². The molecule has 0 saturated carbocycles. The van der Waals surface area contributed by atoms with E-state index in [9.17, 15) is 17.6 Å². The first-order valence-electron chi connectivity index (χ1n) is 9.34. The molecule has 162 valence electrons. The van der Waals surface area contributed by atoms with Crippen LogP contribution in [0.4, 0.5) is 4.39 Å². The molecule has 2 aromatic rings. The van der Waals surface area contributed by atoms with E-state index in [2.05, 4.69) is 5.32 Å². The molecule has 2 aromatic carbocycles. The van der Waals surface area contributed by atoms with E-state index >= 15 is 0 Å². The summed E-state index contributed by atoms with van der Waals surface area (Å²) in [5, 5.41) is 10.7. The summed E-state index contributed by atoms with van der Waals surface area (Å²) in [6, 6.07) is 10.2. The maximum atomic E-state index is 13.2. The molecule has 2 atom stereocenters. The molecule has 0 aromatic heterocycles. The van der Waals surface area contributed by atoms with Crippen LogP contribution >= 0.6 is 0 Å². The zero-order chi connectivity index (χ0) is 21.9. The van der Waals surface area contributed by atoms with Crippen LogP contribution in [0, 0.1) is 12.7 Å². The fourth-order valence-electron chi connectivity index (χ4n) is 3.53. The van der Waals surface area contributed by atoms with Crippen LogP contribution in [0.5, 0.6) is 5.75 Å². The van der Waals surface area contributed by atoms with E-state index in [1.54, 1.807) is 13.0 Å². The zero-order valence-electron chi connectivity index (χ0n) is 16.4. The van der Waals surface area contributed by atoms with Crippen LogP contribution in [-0.2, 0) is 21.2 Å². The smallest absolute Gasteiger partial charge is 0.266 e. The normalized spacial score (nSPS) is 21.8.